The zero-order chi connectivity index (χ0) is 11.8. The summed E-state index contributed by atoms with van der Waals surface area (Å²) in [7, 11) is 2.04. The van der Waals surface area contributed by atoms with Gasteiger partial charge < -0.3 is 11.1 Å². The van der Waals surface area contributed by atoms with Gasteiger partial charge in [-0.05, 0) is 44.4 Å². The van der Waals surface area contributed by atoms with Crippen LogP contribution < -0.4 is 11.1 Å². The van der Waals surface area contributed by atoms with Crippen LogP contribution in [-0.2, 0) is 6.42 Å². The summed E-state index contributed by atoms with van der Waals surface area (Å²) >= 11 is 0. The van der Waals surface area contributed by atoms with Crippen LogP contribution in [0.1, 0.15) is 38.2 Å². The number of pyridine rings is 1. The molecule has 16 heavy (non-hydrogen) atoms. The van der Waals surface area contributed by atoms with Crippen LogP contribution in [0.5, 0.6) is 0 Å². The molecule has 0 aliphatic heterocycles. The molecule has 3 heteroatoms. The van der Waals surface area contributed by atoms with Gasteiger partial charge in [0.1, 0.15) is 0 Å². The second kappa shape index (κ2) is 7.23. The first-order valence-corrected chi connectivity index (χ1v) is 6.13. The molecule has 1 aromatic rings. The third-order valence-corrected chi connectivity index (χ3v) is 2.99. The Morgan fingerprint density at radius 3 is 2.88 bits per heavy atom. The molecule has 0 amide bonds. The van der Waals surface area contributed by atoms with Gasteiger partial charge in [-0.15, -0.1) is 0 Å². The maximum atomic E-state index is 5.87. The van der Waals surface area contributed by atoms with Crippen LogP contribution in [0, 0.1) is 0 Å². The van der Waals surface area contributed by atoms with Gasteiger partial charge in [0.25, 0.3) is 0 Å². The molecule has 90 valence electrons. The molecule has 0 aliphatic rings. The topological polar surface area (TPSA) is 50.9 Å². The van der Waals surface area contributed by atoms with Gasteiger partial charge in [-0.1, -0.05) is 13.3 Å². The van der Waals surface area contributed by atoms with Gasteiger partial charge in [0.15, 0.2) is 0 Å². The first kappa shape index (κ1) is 13.0. The van der Waals surface area contributed by atoms with Crippen molar-refractivity contribution in [1.29, 1.82) is 0 Å². The summed E-state index contributed by atoms with van der Waals surface area (Å²) in [5.74, 6) is 0. The lowest BCUT2D eigenvalue weighted by atomic mass is 10.0. The molecular weight excluding hydrogens is 198 g/mol. The lowest BCUT2D eigenvalue weighted by molar-refractivity contribution is 0.470. The summed E-state index contributed by atoms with van der Waals surface area (Å²) in [5, 5.41) is 3.36. The maximum absolute atomic E-state index is 5.87. The van der Waals surface area contributed by atoms with Crippen molar-refractivity contribution in [3.8, 4) is 0 Å². The maximum Gasteiger partial charge on any atom is 0.0377 e. The van der Waals surface area contributed by atoms with Gasteiger partial charge in [-0.2, -0.15) is 0 Å². The van der Waals surface area contributed by atoms with E-state index < -0.39 is 0 Å². The van der Waals surface area contributed by atoms with E-state index in [0.717, 1.165) is 12.1 Å². The van der Waals surface area contributed by atoms with Crippen molar-refractivity contribution < 1.29 is 0 Å². The van der Waals surface area contributed by atoms with Gasteiger partial charge in [0.05, 0.1) is 0 Å². The van der Waals surface area contributed by atoms with E-state index in [-0.39, 0.29) is 0 Å². The molecule has 1 heterocycles. The van der Waals surface area contributed by atoms with Crippen LogP contribution in [0.2, 0.25) is 0 Å². The van der Waals surface area contributed by atoms with Crippen molar-refractivity contribution in [2.45, 2.75) is 45.1 Å². The fourth-order valence-electron chi connectivity index (χ4n) is 1.97. The summed E-state index contributed by atoms with van der Waals surface area (Å²) in [6.45, 7) is 2.23. The van der Waals surface area contributed by atoms with Gasteiger partial charge >= 0.3 is 0 Å². The summed E-state index contributed by atoms with van der Waals surface area (Å²) in [5.41, 5.74) is 7.91. The minimum absolute atomic E-state index is 0.642. The highest BCUT2D eigenvalue weighted by atomic mass is 14.9. The predicted molar refractivity (Wildman–Crippen MR) is 69.3 cm³/mol. The molecule has 3 N–H and O–H groups in total. The number of anilines is 1. The fourth-order valence-corrected chi connectivity index (χ4v) is 1.97. The van der Waals surface area contributed by atoms with Crippen LogP contribution in [0.3, 0.4) is 0 Å². The van der Waals surface area contributed by atoms with Crippen LogP contribution in [0.15, 0.2) is 18.5 Å². The number of aromatic nitrogens is 1. The summed E-state index contributed by atoms with van der Waals surface area (Å²) in [4.78, 5) is 4.10. The summed E-state index contributed by atoms with van der Waals surface area (Å²) in [6.07, 6.45) is 9.51. The third kappa shape index (κ3) is 4.19. The van der Waals surface area contributed by atoms with E-state index in [1.807, 2.05) is 19.3 Å². The Hall–Kier alpha value is -1.09. The molecule has 1 aromatic heterocycles. The van der Waals surface area contributed by atoms with Gasteiger partial charge in [-0.3, -0.25) is 4.98 Å². The Labute approximate surface area is 98.5 Å². The second-order valence-electron chi connectivity index (χ2n) is 4.24. The Bertz CT molecular complexity index is 299. The Balaban J connectivity index is 2.32. The van der Waals surface area contributed by atoms with E-state index in [2.05, 4.69) is 17.2 Å². The molecule has 1 unspecified atom stereocenters. The average Bonchev–Trinajstić information content (AvgIpc) is 2.30. The quantitative estimate of drug-likeness (QED) is 0.743. The van der Waals surface area contributed by atoms with Crippen molar-refractivity contribution in [3.05, 3.63) is 24.0 Å². The highest BCUT2D eigenvalue weighted by Crippen LogP contribution is 2.14. The van der Waals surface area contributed by atoms with E-state index in [4.69, 9.17) is 5.73 Å². The number of hydrogen-bond acceptors (Lipinski definition) is 3. The molecule has 0 aromatic carbocycles. The molecule has 3 nitrogen and oxygen atoms in total. The van der Waals surface area contributed by atoms with Crippen LogP contribution in [0.25, 0.3) is 0 Å². The van der Waals surface area contributed by atoms with Crippen molar-refractivity contribution in [3.63, 3.8) is 0 Å². The number of rotatable bonds is 7. The highest BCUT2D eigenvalue weighted by Gasteiger charge is 2.05. The zero-order valence-corrected chi connectivity index (χ0v) is 10.4. The molecule has 0 saturated carbocycles. The number of hydrogen-bond donors (Lipinski definition) is 2. The van der Waals surface area contributed by atoms with Gasteiger partial charge in [-0.25, -0.2) is 0 Å². The molecule has 0 fully saturated rings. The average molecular weight is 221 g/mol. The summed E-state index contributed by atoms with van der Waals surface area (Å²) in [6, 6.07) is 2.51. The van der Waals surface area contributed by atoms with Crippen molar-refractivity contribution >= 4 is 5.69 Å². The van der Waals surface area contributed by atoms with E-state index in [0.29, 0.717) is 6.04 Å². The fraction of sp³-hybridized carbons (Fsp3) is 0.615. The van der Waals surface area contributed by atoms with Crippen molar-refractivity contribution in [2.75, 3.05) is 12.8 Å². The monoisotopic (exact) mass is 221 g/mol. The lowest BCUT2D eigenvalue weighted by Gasteiger charge is -2.14. The lowest BCUT2D eigenvalue weighted by Crippen LogP contribution is -2.24. The molecule has 0 aliphatic carbocycles. The SMILES string of the molecule is CCCC(CCCc1cnccc1N)NC. The predicted octanol–water partition coefficient (Wildman–Crippen LogP) is 2.37. The molecule has 1 atom stereocenters. The molecule has 0 radical (unpaired) electrons. The standard InChI is InChI=1S/C13H23N3/c1-3-5-12(15-2)7-4-6-11-10-16-9-8-13(11)14/h8-10,12,15H,3-7H2,1-2H3,(H2,14,16). The minimum atomic E-state index is 0.642. The highest BCUT2D eigenvalue weighted by molar-refractivity contribution is 5.44. The Morgan fingerprint density at radius 1 is 1.44 bits per heavy atom. The Kier molecular flexibility index (Phi) is 5.86. The minimum Gasteiger partial charge on any atom is -0.398 e. The number of nitrogen functional groups attached to an aromatic ring is 1. The first-order valence-electron chi connectivity index (χ1n) is 6.13. The number of nitrogens with zero attached hydrogens (tertiary/aromatic N) is 1. The summed E-state index contributed by atoms with van der Waals surface area (Å²) < 4.78 is 0. The van der Waals surface area contributed by atoms with Crippen molar-refractivity contribution in [2.24, 2.45) is 0 Å². The third-order valence-electron chi connectivity index (χ3n) is 2.99. The van der Waals surface area contributed by atoms with E-state index in [1.165, 1.54) is 31.2 Å². The largest absolute Gasteiger partial charge is 0.398 e. The van der Waals surface area contributed by atoms with Crippen LogP contribution >= 0.6 is 0 Å². The van der Waals surface area contributed by atoms with E-state index in [9.17, 15) is 0 Å². The molecule has 0 saturated heterocycles. The zero-order valence-electron chi connectivity index (χ0n) is 10.4. The second-order valence-corrected chi connectivity index (χ2v) is 4.24. The Morgan fingerprint density at radius 2 is 2.25 bits per heavy atom. The van der Waals surface area contributed by atoms with Crippen LogP contribution in [-0.4, -0.2) is 18.1 Å². The smallest absolute Gasteiger partial charge is 0.0377 e. The number of aryl methyl sites for hydroxylation is 1. The van der Waals surface area contributed by atoms with Gasteiger partial charge in [0.2, 0.25) is 0 Å². The normalized spacial score (nSPS) is 12.6. The van der Waals surface area contributed by atoms with Gasteiger partial charge in [0, 0.05) is 24.1 Å². The number of nitrogens with one attached hydrogen (secondary N) is 1. The van der Waals surface area contributed by atoms with Crippen molar-refractivity contribution in [1.82, 2.24) is 10.3 Å². The molecule has 0 bridgehead atoms. The molecule has 0 spiro atoms. The van der Waals surface area contributed by atoms with Crippen LogP contribution in [0.4, 0.5) is 5.69 Å². The van der Waals surface area contributed by atoms with E-state index >= 15 is 0 Å². The molecular formula is C13H23N3. The first-order chi connectivity index (χ1) is 7.77. The van der Waals surface area contributed by atoms with E-state index in [1.54, 1.807) is 6.20 Å². The molecule has 1 rings (SSSR count). The number of nitrogens with two attached hydrogens (primary N) is 1.